The Kier molecular flexibility index (Phi) is 4.29. The second-order valence-corrected chi connectivity index (χ2v) is 8.39. The Morgan fingerprint density at radius 2 is 1.70 bits per heavy atom. The van der Waals surface area contributed by atoms with Gasteiger partial charge in [0.05, 0.1) is 24.6 Å². The lowest BCUT2D eigenvalue weighted by atomic mass is 10.1. The Hall–Kier alpha value is -4.08. The van der Waals surface area contributed by atoms with Gasteiger partial charge in [-0.2, -0.15) is 15.2 Å². The summed E-state index contributed by atoms with van der Waals surface area (Å²) >= 11 is 0. The van der Waals surface area contributed by atoms with Gasteiger partial charge < -0.3 is 5.73 Å². The molecule has 0 bridgehead atoms. The Balaban J connectivity index is 1.35. The van der Waals surface area contributed by atoms with Crippen molar-refractivity contribution in [3.63, 3.8) is 0 Å². The highest BCUT2D eigenvalue weighted by Crippen LogP contribution is 2.49. The molecule has 1 aromatic carbocycles. The normalized spacial score (nSPS) is 17.0. The van der Waals surface area contributed by atoms with Gasteiger partial charge in [0.15, 0.2) is 5.65 Å². The van der Waals surface area contributed by atoms with Crippen molar-refractivity contribution in [1.82, 2.24) is 34.2 Å². The number of pyridine rings is 1. The smallest absolute Gasteiger partial charge is 0.253 e. The van der Waals surface area contributed by atoms with Crippen LogP contribution in [0, 0.1) is 5.92 Å². The number of hydrogen-bond acceptors (Lipinski definition) is 5. The van der Waals surface area contributed by atoms with Gasteiger partial charge in [0, 0.05) is 42.4 Å². The van der Waals surface area contributed by atoms with Crippen molar-refractivity contribution < 1.29 is 8.78 Å². The largest absolute Gasteiger partial charge is 0.366 e. The van der Waals surface area contributed by atoms with Gasteiger partial charge in [0.25, 0.3) is 5.92 Å². The molecule has 1 fully saturated rings. The maximum atomic E-state index is 13.3. The van der Waals surface area contributed by atoms with Crippen LogP contribution in [-0.4, -0.2) is 40.1 Å². The fourth-order valence-corrected chi connectivity index (χ4v) is 4.03. The van der Waals surface area contributed by atoms with E-state index in [1.54, 1.807) is 27.8 Å². The van der Waals surface area contributed by atoms with Crippen molar-refractivity contribution in [2.45, 2.75) is 25.4 Å². The number of nitrogens with two attached hydrogens (primary N) is 1. The molecule has 33 heavy (non-hydrogen) atoms. The zero-order valence-corrected chi connectivity index (χ0v) is 17.5. The number of anilines is 1. The van der Waals surface area contributed by atoms with E-state index in [2.05, 4.69) is 32.4 Å². The second kappa shape index (κ2) is 7.22. The summed E-state index contributed by atoms with van der Waals surface area (Å²) in [6.07, 6.45) is 7.09. The number of fused-ring (bicyclic) bond motifs is 1. The maximum Gasteiger partial charge on any atom is 0.253 e. The van der Waals surface area contributed by atoms with Gasteiger partial charge in [-0.05, 0) is 23.3 Å². The molecule has 166 valence electrons. The molecule has 0 spiro atoms. The van der Waals surface area contributed by atoms with Gasteiger partial charge in [-0.3, -0.25) is 9.36 Å². The molecule has 1 unspecified atom stereocenters. The predicted octanol–water partition coefficient (Wildman–Crippen LogP) is 3.74. The van der Waals surface area contributed by atoms with Crippen LogP contribution in [0.15, 0.2) is 67.3 Å². The molecule has 1 saturated carbocycles. The van der Waals surface area contributed by atoms with Crippen LogP contribution in [0.25, 0.3) is 28.0 Å². The molecule has 4 heterocycles. The number of hydrogen-bond donors (Lipinski definition) is 1. The molecule has 1 aliphatic rings. The molecule has 0 amide bonds. The van der Waals surface area contributed by atoms with Crippen LogP contribution in [-0.2, 0) is 13.1 Å². The molecule has 6 rings (SSSR count). The summed E-state index contributed by atoms with van der Waals surface area (Å²) in [6, 6.07) is 13.9. The molecular weight excluding hydrogens is 426 g/mol. The molecular formula is C23H20F2N8. The van der Waals surface area contributed by atoms with E-state index in [4.69, 9.17) is 5.73 Å². The van der Waals surface area contributed by atoms with Crippen LogP contribution < -0.4 is 5.73 Å². The van der Waals surface area contributed by atoms with Gasteiger partial charge >= 0.3 is 0 Å². The SMILES string of the molecule is Nc1nc2cc(-c3cnn(Cc4ccccc4)c3)cc(-c3cnn(CC4CC4(F)F)c3)n2n1. The summed E-state index contributed by atoms with van der Waals surface area (Å²) in [7, 11) is 0. The molecule has 0 saturated heterocycles. The van der Waals surface area contributed by atoms with Gasteiger partial charge in [-0.15, -0.1) is 5.10 Å². The number of aromatic nitrogens is 7. The van der Waals surface area contributed by atoms with Crippen LogP contribution in [0.5, 0.6) is 0 Å². The Labute approximate surface area is 187 Å². The highest BCUT2D eigenvalue weighted by Gasteiger charge is 2.56. The van der Waals surface area contributed by atoms with Crippen molar-refractivity contribution >= 4 is 11.6 Å². The molecule has 1 atom stereocenters. The van der Waals surface area contributed by atoms with Gasteiger partial charge in [-0.25, -0.2) is 13.3 Å². The first kappa shape index (κ1) is 19.6. The summed E-state index contributed by atoms with van der Waals surface area (Å²) in [5.74, 6) is -3.09. The predicted molar refractivity (Wildman–Crippen MR) is 118 cm³/mol. The van der Waals surface area contributed by atoms with E-state index in [9.17, 15) is 8.78 Å². The first-order valence-corrected chi connectivity index (χ1v) is 10.6. The van der Waals surface area contributed by atoms with Crippen molar-refractivity contribution in [3.8, 4) is 22.4 Å². The fourth-order valence-electron chi connectivity index (χ4n) is 4.03. The van der Waals surface area contributed by atoms with Crippen molar-refractivity contribution in [2.24, 2.45) is 5.92 Å². The molecule has 8 nitrogen and oxygen atoms in total. The van der Waals surface area contributed by atoms with E-state index in [0.717, 1.165) is 27.9 Å². The minimum atomic E-state index is -2.58. The molecule has 4 aromatic heterocycles. The summed E-state index contributed by atoms with van der Waals surface area (Å²) in [4.78, 5) is 4.32. The van der Waals surface area contributed by atoms with Crippen molar-refractivity contribution in [3.05, 3.63) is 72.8 Å². The minimum Gasteiger partial charge on any atom is -0.366 e. The second-order valence-electron chi connectivity index (χ2n) is 8.39. The number of halogens is 2. The molecule has 5 aromatic rings. The monoisotopic (exact) mass is 446 g/mol. The first-order chi connectivity index (χ1) is 15.9. The average molecular weight is 446 g/mol. The van der Waals surface area contributed by atoms with Gasteiger partial charge in [0.2, 0.25) is 5.95 Å². The van der Waals surface area contributed by atoms with Crippen LogP contribution in [0.4, 0.5) is 14.7 Å². The highest BCUT2D eigenvalue weighted by molar-refractivity contribution is 5.74. The van der Waals surface area contributed by atoms with E-state index < -0.39 is 11.8 Å². The lowest BCUT2D eigenvalue weighted by Gasteiger charge is -2.06. The average Bonchev–Trinajstić information content (AvgIpc) is 3.27. The summed E-state index contributed by atoms with van der Waals surface area (Å²) in [6.45, 7) is 0.841. The van der Waals surface area contributed by atoms with Crippen LogP contribution in [0.3, 0.4) is 0 Å². The third-order valence-corrected chi connectivity index (χ3v) is 5.90. The lowest BCUT2D eigenvalue weighted by molar-refractivity contribution is 0.0942. The maximum absolute atomic E-state index is 13.3. The molecule has 1 aliphatic carbocycles. The van der Waals surface area contributed by atoms with Crippen LogP contribution in [0.1, 0.15) is 12.0 Å². The molecule has 10 heteroatoms. The summed E-state index contributed by atoms with van der Waals surface area (Å²) in [5, 5.41) is 13.1. The van der Waals surface area contributed by atoms with E-state index in [0.29, 0.717) is 12.2 Å². The minimum absolute atomic E-state index is 0.0888. The molecule has 0 radical (unpaired) electrons. The highest BCUT2D eigenvalue weighted by atomic mass is 19.3. The van der Waals surface area contributed by atoms with Crippen LogP contribution >= 0.6 is 0 Å². The summed E-state index contributed by atoms with van der Waals surface area (Å²) < 4.78 is 31.7. The van der Waals surface area contributed by atoms with E-state index in [1.165, 1.54) is 0 Å². The van der Waals surface area contributed by atoms with E-state index in [-0.39, 0.29) is 18.9 Å². The number of nitrogens with zero attached hydrogens (tertiary/aromatic N) is 7. The van der Waals surface area contributed by atoms with Crippen molar-refractivity contribution in [1.29, 1.82) is 0 Å². The van der Waals surface area contributed by atoms with Crippen molar-refractivity contribution in [2.75, 3.05) is 5.73 Å². The van der Waals surface area contributed by atoms with Gasteiger partial charge in [0.1, 0.15) is 0 Å². The number of nitrogen functional groups attached to an aromatic ring is 1. The standard InChI is InChI=1S/C23H20F2N8/c24-23(25)8-19(23)14-32-13-18(10-28-32)20-6-16(7-21-29-22(26)30-33(20)21)17-9-27-31(12-17)11-15-4-2-1-3-5-15/h1-7,9-10,12-13,19H,8,11,14H2,(H2,26,30). The third-order valence-electron chi connectivity index (χ3n) is 5.90. The first-order valence-electron chi connectivity index (χ1n) is 10.6. The van der Waals surface area contributed by atoms with Crippen LogP contribution in [0.2, 0.25) is 0 Å². The number of benzene rings is 1. The topological polar surface area (TPSA) is 91.9 Å². The Bertz CT molecular complexity index is 1450. The van der Waals surface area contributed by atoms with E-state index in [1.807, 2.05) is 41.2 Å². The summed E-state index contributed by atoms with van der Waals surface area (Å²) in [5.41, 5.74) is 10.9. The zero-order chi connectivity index (χ0) is 22.6. The number of alkyl halides is 2. The lowest BCUT2D eigenvalue weighted by Crippen LogP contribution is -2.05. The quantitative estimate of drug-likeness (QED) is 0.429. The Morgan fingerprint density at radius 1 is 0.970 bits per heavy atom. The molecule has 2 N–H and O–H groups in total. The molecule has 0 aliphatic heterocycles. The number of rotatable bonds is 6. The fraction of sp³-hybridized carbons (Fsp3) is 0.217. The zero-order valence-electron chi connectivity index (χ0n) is 17.5. The van der Waals surface area contributed by atoms with Gasteiger partial charge in [-0.1, -0.05) is 30.3 Å². The van der Waals surface area contributed by atoms with E-state index >= 15 is 0 Å². The third kappa shape index (κ3) is 3.73. The Morgan fingerprint density at radius 3 is 2.48 bits per heavy atom.